The van der Waals surface area contributed by atoms with Crippen LogP contribution in [0.3, 0.4) is 0 Å². The fourth-order valence-corrected chi connectivity index (χ4v) is 1.88. The Morgan fingerprint density at radius 2 is 1.80 bits per heavy atom. The largest absolute Gasteiger partial charge is 0.485 e. The predicted octanol–water partition coefficient (Wildman–Crippen LogP) is 2.62. The summed E-state index contributed by atoms with van der Waals surface area (Å²) >= 11 is 0. The van der Waals surface area contributed by atoms with Crippen molar-refractivity contribution in [2.24, 2.45) is 0 Å². The monoisotopic (exact) mass is 274 g/mol. The van der Waals surface area contributed by atoms with E-state index in [2.05, 4.69) is 0 Å². The van der Waals surface area contributed by atoms with E-state index in [0.717, 1.165) is 5.56 Å². The molecule has 2 aromatic rings. The zero-order valence-electron chi connectivity index (χ0n) is 10.9. The van der Waals surface area contributed by atoms with Gasteiger partial charge in [0, 0.05) is 6.61 Å². The first-order chi connectivity index (χ1) is 9.72. The summed E-state index contributed by atoms with van der Waals surface area (Å²) in [4.78, 5) is 11.9. The van der Waals surface area contributed by atoms with Crippen LogP contribution in [0, 0.1) is 5.82 Å². The van der Waals surface area contributed by atoms with E-state index >= 15 is 0 Å². The standard InChI is InChI=1S/C16H15FO3/c17-14-7-3-2-6-13(14)15(19)11-20-16-8-4-1-5-12(16)9-10-18/h1-8,18H,9-11H2. The Balaban J connectivity index is 2.06. The summed E-state index contributed by atoms with van der Waals surface area (Å²) in [6, 6.07) is 13.0. The SMILES string of the molecule is O=C(COc1ccccc1CCO)c1ccccc1F. The van der Waals surface area contributed by atoms with Crippen molar-refractivity contribution in [2.45, 2.75) is 6.42 Å². The first-order valence-corrected chi connectivity index (χ1v) is 6.31. The number of benzene rings is 2. The Morgan fingerprint density at radius 3 is 2.55 bits per heavy atom. The average molecular weight is 274 g/mol. The van der Waals surface area contributed by atoms with Crippen LogP contribution in [0.25, 0.3) is 0 Å². The normalized spacial score (nSPS) is 10.3. The third-order valence-electron chi connectivity index (χ3n) is 2.89. The Hall–Kier alpha value is -2.20. The van der Waals surface area contributed by atoms with Gasteiger partial charge in [0.1, 0.15) is 11.6 Å². The fourth-order valence-electron chi connectivity index (χ4n) is 1.88. The second-order valence-corrected chi connectivity index (χ2v) is 4.27. The number of hydrogen-bond acceptors (Lipinski definition) is 3. The molecule has 0 aliphatic heterocycles. The number of carbonyl (C=O) groups excluding carboxylic acids is 1. The smallest absolute Gasteiger partial charge is 0.203 e. The Labute approximate surface area is 116 Å². The highest BCUT2D eigenvalue weighted by Gasteiger charge is 2.12. The minimum atomic E-state index is -0.551. The second kappa shape index (κ2) is 6.82. The van der Waals surface area contributed by atoms with E-state index in [9.17, 15) is 9.18 Å². The third kappa shape index (κ3) is 3.42. The minimum absolute atomic E-state index is 0.00162. The zero-order chi connectivity index (χ0) is 14.4. The molecular formula is C16H15FO3. The van der Waals surface area contributed by atoms with Crippen molar-refractivity contribution in [3.8, 4) is 5.75 Å². The number of carbonyl (C=O) groups is 1. The van der Waals surface area contributed by atoms with Gasteiger partial charge < -0.3 is 9.84 Å². The van der Waals surface area contributed by atoms with Gasteiger partial charge in [0.25, 0.3) is 0 Å². The maximum atomic E-state index is 13.5. The molecule has 0 saturated heterocycles. The van der Waals surface area contributed by atoms with E-state index in [4.69, 9.17) is 9.84 Å². The van der Waals surface area contributed by atoms with Crippen LogP contribution in [0.4, 0.5) is 4.39 Å². The predicted molar refractivity (Wildman–Crippen MR) is 73.5 cm³/mol. The van der Waals surface area contributed by atoms with Crippen molar-refractivity contribution in [3.63, 3.8) is 0 Å². The molecule has 0 radical (unpaired) electrons. The number of aliphatic hydroxyl groups is 1. The molecule has 0 aliphatic rings. The lowest BCUT2D eigenvalue weighted by atomic mass is 10.1. The summed E-state index contributed by atoms with van der Waals surface area (Å²) in [7, 11) is 0. The van der Waals surface area contributed by atoms with Crippen molar-refractivity contribution in [3.05, 3.63) is 65.5 Å². The molecule has 2 aromatic carbocycles. The average Bonchev–Trinajstić information content (AvgIpc) is 2.47. The second-order valence-electron chi connectivity index (χ2n) is 4.27. The van der Waals surface area contributed by atoms with Crippen molar-refractivity contribution >= 4 is 5.78 Å². The number of rotatable bonds is 6. The molecular weight excluding hydrogens is 259 g/mol. The van der Waals surface area contributed by atoms with Gasteiger partial charge in [-0.15, -0.1) is 0 Å². The number of aliphatic hydroxyl groups excluding tert-OH is 1. The zero-order valence-corrected chi connectivity index (χ0v) is 10.9. The molecule has 0 unspecified atom stereocenters. The van der Waals surface area contributed by atoms with Crippen molar-refractivity contribution < 1.29 is 19.0 Å². The van der Waals surface area contributed by atoms with Crippen LogP contribution >= 0.6 is 0 Å². The Morgan fingerprint density at radius 1 is 1.10 bits per heavy atom. The summed E-state index contributed by atoms with van der Waals surface area (Å²) in [5.41, 5.74) is 0.837. The summed E-state index contributed by atoms with van der Waals surface area (Å²) in [5, 5.41) is 8.96. The summed E-state index contributed by atoms with van der Waals surface area (Å²) in [5.74, 6) is -0.433. The molecule has 2 rings (SSSR count). The number of hydrogen-bond donors (Lipinski definition) is 1. The van der Waals surface area contributed by atoms with Crippen LogP contribution in [0.15, 0.2) is 48.5 Å². The third-order valence-corrected chi connectivity index (χ3v) is 2.89. The Kier molecular flexibility index (Phi) is 4.85. The highest BCUT2D eigenvalue weighted by molar-refractivity contribution is 5.97. The molecule has 0 fully saturated rings. The lowest BCUT2D eigenvalue weighted by Gasteiger charge is -2.10. The van der Waals surface area contributed by atoms with E-state index in [1.54, 1.807) is 18.2 Å². The molecule has 0 spiro atoms. The molecule has 0 heterocycles. The van der Waals surface area contributed by atoms with E-state index in [1.807, 2.05) is 12.1 Å². The number of Topliss-reactive ketones (excluding diaryl/α,β-unsaturated/α-hetero) is 1. The quantitative estimate of drug-likeness (QED) is 0.824. The molecule has 0 bridgehead atoms. The molecule has 3 nitrogen and oxygen atoms in total. The summed E-state index contributed by atoms with van der Waals surface area (Å²) < 4.78 is 18.9. The molecule has 104 valence electrons. The van der Waals surface area contributed by atoms with Crippen LogP contribution in [0.1, 0.15) is 15.9 Å². The van der Waals surface area contributed by atoms with Crippen LogP contribution in [-0.4, -0.2) is 24.1 Å². The molecule has 0 saturated carbocycles. The van der Waals surface area contributed by atoms with Crippen LogP contribution in [0.2, 0.25) is 0 Å². The summed E-state index contributed by atoms with van der Waals surface area (Å²) in [6.45, 7) is -0.231. The minimum Gasteiger partial charge on any atom is -0.485 e. The number of ketones is 1. The van der Waals surface area contributed by atoms with Gasteiger partial charge in [-0.05, 0) is 30.2 Å². The molecule has 0 amide bonds. The molecule has 4 heteroatoms. The molecule has 1 N–H and O–H groups in total. The first-order valence-electron chi connectivity index (χ1n) is 6.31. The van der Waals surface area contributed by atoms with Crippen LogP contribution in [-0.2, 0) is 6.42 Å². The van der Waals surface area contributed by atoms with Gasteiger partial charge in [-0.1, -0.05) is 30.3 Å². The molecule has 0 aromatic heterocycles. The van der Waals surface area contributed by atoms with E-state index in [0.29, 0.717) is 12.2 Å². The van der Waals surface area contributed by atoms with E-state index in [1.165, 1.54) is 18.2 Å². The van der Waals surface area contributed by atoms with Gasteiger partial charge in [-0.25, -0.2) is 4.39 Å². The number of halogens is 1. The highest BCUT2D eigenvalue weighted by atomic mass is 19.1. The number of para-hydroxylation sites is 1. The lowest BCUT2D eigenvalue weighted by molar-refractivity contribution is 0.0916. The van der Waals surface area contributed by atoms with Crippen LogP contribution < -0.4 is 4.74 Å². The van der Waals surface area contributed by atoms with Gasteiger partial charge in [0.2, 0.25) is 5.78 Å². The lowest BCUT2D eigenvalue weighted by Crippen LogP contribution is -2.14. The maximum absolute atomic E-state index is 13.5. The van der Waals surface area contributed by atoms with Crippen molar-refractivity contribution in [1.29, 1.82) is 0 Å². The van der Waals surface area contributed by atoms with Gasteiger partial charge in [0.15, 0.2) is 6.61 Å². The molecule has 0 atom stereocenters. The molecule has 20 heavy (non-hydrogen) atoms. The first kappa shape index (κ1) is 14.2. The van der Waals surface area contributed by atoms with Gasteiger partial charge in [-0.3, -0.25) is 4.79 Å². The molecule has 0 aliphatic carbocycles. The summed E-state index contributed by atoms with van der Waals surface area (Å²) in [6.07, 6.45) is 0.448. The van der Waals surface area contributed by atoms with Crippen molar-refractivity contribution in [2.75, 3.05) is 13.2 Å². The maximum Gasteiger partial charge on any atom is 0.203 e. The fraction of sp³-hybridized carbons (Fsp3) is 0.188. The Bertz CT molecular complexity index is 596. The van der Waals surface area contributed by atoms with Crippen LogP contribution in [0.5, 0.6) is 5.75 Å². The van der Waals surface area contributed by atoms with E-state index in [-0.39, 0.29) is 18.8 Å². The number of ether oxygens (including phenoxy) is 1. The van der Waals surface area contributed by atoms with Gasteiger partial charge >= 0.3 is 0 Å². The topological polar surface area (TPSA) is 46.5 Å². The van der Waals surface area contributed by atoms with Crippen molar-refractivity contribution in [1.82, 2.24) is 0 Å². The van der Waals surface area contributed by atoms with E-state index < -0.39 is 11.6 Å². The highest BCUT2D eigenvalue weighted by Crippen LogP contribution is 2.19. The van der Waals surface area contributed by atoms with Gasteiger partial charge in [-0.2, -0.15) is 0 Å². The van der Waals surface area contributed by atoms with Gasteiger partial charge in [0.05, 0.1) is 5.56 Å².